The van der Waals surface area contributed by atoms with Gasteiger partial charge < -0.3 is 26.0 Å². The molecule has 2 aromatic carbocycles. The number of nitrogen functional groups attached to an aromatic ring is 1. The van der Waals surface area contributed by atoms with Gasteiger partial charge in [-0.3, -0.25) is 4.79 Å². The first-order valence-corrected chi connectivity index (χ1v) is 10.0. The zero-order chi connectivity index (χ0) is 24.8. The lowest BCUT2D eigenvalue weighted by atomic mass is 9.69. The third kappa shape index (κ3) is 5.67. The standard InChI is InChI=1S/C21H13BCl2FN4O5/c23-12-5-6-13(25)17(24)16(12)18(22-7-8-30)34-15-9-14(28-29-19(15)26)20(31)27-11-3-1-10(2-4-11)21(32)33/h1-6,9,18,30H,(H2,26,29)(H,27,31)(H,32,33)/t18-/m0/s1. The van der Waals surface area contributed by atoms with Crippen LogP contribution in [-0.2, 0) is 0 Å². The van der Waals surface area contributed by atoms with Gasteiger partial charge in [-0.05, 0) is 36.4 Å². The van der Waals surface area contributed by atoms with E-state index in [0.717, 1.165) is 13.3 Å². The molecule has 1 aromatic heterocycles. The molecule has 9 nitrogen and oxygen atoms in total. The Morgan fingerprint density at radius 1 is 1.18 bits per heavy atom. The number of amides is 1. The molecule has 0 aliphatic carbocycles. The normalized spacial score (nSPS) is 11.0. The van der Waals surface area contributed by atoms with Crippen LogP contribution in [0.15, 0.2) is 42.5 Å². The largest absolute Gasteiger partial charge is 0.490 e. The topological polar surface area (TPSA) is 148 Å². The van der Waals surface area contributed by atoms with Crippen LogP contribution in [0.1, 0.15) is 32.4 Å². The molecular formula is C21H13BCl2FN4O5. The highest BCUT2D eigenvalue weighted by Crippen LogP contribution is 2.35. The van der Waals surface area contributed by atoms with Crippen molar-refractivity contribution in [3.63, 3.8) is 0 Å². The third-order valence-electron chi connectivity index (χ3n) is 4.33. The van der Waals surface area contributed by atoms with Crippen LogP contribution in [0.5, 0.6) is 5.75 Å². The van der Waals surface area contributed by atoms with E-state index < -0.39 is 23.7 Å². The number of aromatic carboxylic acids is 1. The molecule has 13 heteroatoms. The summed E-state index contributed by atoms with van der Waals surface area (Å²) < 4.78 is 19.8. The molecule has 0 spiro atoms. The van der Waals surface area contributed by atoms with Crippen molar-refractivity contribution in [3.8, 4) is 17.7 Å². The van der Waals surface area contributed by atoms with Crippen molar-refractivity contribution >= 4 is 53.9 Å². The number of rotatable bonds is 7. The Kier molecular flexibility index (Phi) is 7.78. The number of benzene rings is 2. The second kappa shape index (κ2) is 10.7. The summed E-state index contributed by atoms with van der Waals surface area (Å²) in [5, 5.41) is 27.5. The Morgan fingerprint density at radius 2 is 1.88 bits per heavy atom. The Labute approximate surface area is 202 Å². The van der Waals surface area contributed by atoms with Gasteiger partial charge in [-0.2, -0.15) is 0 Å². The Bertz CT molecular complexity index is 1310. The van der Waals surface area contributed by atoms with E-state index in [9.17, 15) is 14.0 Å². The van der Waals surface area contributed by atoms with E-state index >= 15 is 0 Å². The van der Waals surface area contributed by atoms with E-state index in [1.165, 1.54) is 36.4 Å². The number of carboxylic acid groups (broad SMARTS) is 1. The van der Waals surface area contributed by atoms with Crippen LogP contribution in [0, 0.1) is 17.7 Å². The number of ether oxygens (including phenoxy) is 1. The maximum Gasteiger partial charge on any atom is 0.335 e. The zero-order valence-electron chi connectivity index (χ0n) is 16.9. The van der Waals surface area contributed by atoms with E-state index in [2.05, 4.69) is 21.3 Å². The van der Waals surface area contributed by atoms with Gasteiger partial charge in [-0.1, -0.05) is 23.2 Å². The number of halogens is 3. The second-order valence-corrected chi connectivity index (χ2v) is 7.32. The van der Waals surface area contributed by atoms with Crippen LogP contribution in [0.2, 0.25) is 10.0 Å². The number of aliphatic hydroxyl groups is 1. The number of carbonyl (C=O) groups excluding carboxylic acids is 1. The van der Waals surface area contributed by atoms with Crippen LogP contribution in [-0.4, -0.2) is 39.6 Å². The van der Waals surface area contributed by atoms with Crippen molar-refractivity contribution in [1.29, 1.82) is 0 Å². The van der Waals surface area contributed by atoms with Crippen molar-refractivity contribution in [2.75, 3.05) is 11.1 Å². The van der Waals surface area contributed by atoms with Gasteiger partial charge in [0.15, 0.2) is 17.3 Å². The summed E-state index contributed by atoms with van der Waals surface area (Å²) in [6, 6.07) is 7.73. The number of hydrogen-bond acceptors (Lipinski definition) is 7. The first kappa shape index (κ1) is 24.6. The molecule has 1 amide bonds. The van der Waals surface area contributed by atoms with Crippen molar-refractivity contribution in [3.05, 3.63) is 75.1 Å². The molecule has 3 rings (SSSR count). The third-order valence-corrected chi connectivity index (χ3v) is 5.04. The molecule has 1 radical (unpaired) electrons. The minimum absolute atomic E-state index is 0.00631. The van der Waals surface area contributed by atoms with Crippen molar-refractivity contribution < 1.29 is 28.9 Å². The van der Waals surface area contributed by atoms with Crippen LogP contribution in [0.4, 0.5) is 15.9 Å². The first-order valence-electron chi connectivity index (χ1n) is 9.27. The lowest BCUT2D eigenvalue weighted by molar-refractivity contribution is 0.0696. The highest BCUT2D eigenvalue weighted by atomic mass is 35.5. The van der Waals surface area contributed by atoms with Gasteiger partial charge in [0.2, 0.25) is 0 Å². The summed E-state index contributed by atoms with van der Waals surface area (Å²) in [6.45, 7) is 0. The fraction of sp³-hybridized carbons (Fsp3) is 0.0476. The summed E-state index contributed by atoms with van der Waals surface area (Å²) in [7, 11) is 1.15. The van der Waals surface area contributed by atoms with Gasteiger partial charge in [-0.15, -0.1) is 16.0 Å². The van der Waals surface area contributed by atoms with Crippen LogP contribution < -0.4 is 15.8 Å². The maximum atomic E-state index is 14.0. The van der Waals surface area contributed by atoms with E-state index in [1.807, 2.05) is 0 Å². The lowest BCUT2D eigenvalue weighted by Gasteiger charge is -2.20. The average molecular weight is 502 g/mol. The highest BCUT2D eigenvalue weighted by Gasteiger charge is 2.25. The minimum Gasteiger partial charge on any atom is -0.490 e. The predicted octanol–water partition coefficient (Wildman–Crippen LogP) is 3.53. The molecule has 0 bridgehead atoms. The number of carbonyl (C=O) groups is 2. The van der Waals surface area contributed by atoms with Crippen molar-refractivity contribution in [2.24, 2.45) is 0 Å². The Morgan fingerprint density at radius 3 is 2.53 bits per heavy atom. The van der Waals surface area contributed by atoms with Gasteiger partial charge in [0.25, 0.3) is 13.2 Å². The molecule has 0 saturated carbocycles. The van der Waals surface area contributed by atoms with Gasteiger partial charge in [-0.25, -0.2) is 9.18 Å². The minimum atomic E-state index is -1.21. The quantitative estimate of drug-likeness (QED) is 0.218. The fourth-order valence-electron chi connectivity index (χ4n) is 2.71. The number of nitrogens with two attached hydrogens (primary N) is 1. The van der Waals surface area contributed by atoms with E-state index in [0.29, 0.717) is 5.69 Å². The molecule has 0 unspecified atom stereocenters. The SMILES string of the molecule is Nc1nnc(C(=O)Nc2ccc(C(=O)O)cc2)cc1O[C@H]([B]C#CO)c1c(Cl)ccc(F)c1Cl. The first-order chi connectivity index (χ1) is 16.2. The summed E-state index contributed by atoms with van der Waals surface area (Å²) in [6.07, 6.45) is 1.66. The molecule has 3 aromatic rings. The number of carboxylic acids is 1. The number of hydrogen-bond donors (Lipinski definition) is 4. The summed E-state index contributed by atoms with van der Waals surface area (Å²) in [5.74, 6) is -0.649. The molecule has 0 aliphatic heterocycles. The number of nitrogens with one attached hydrogen (secondary N) is 1. The van der Waals surface area contributed by atoms with Crippen LogP contribution in [0.3, 0.4) is 0 Å². The molecule has 1 heterocycles. The molecule has 1 atom stereocenters. The number of nitrogens with zero attached hydrogens (tertiary/aromatic N) is 2. The van der Waals surface area contributed by atoms with E-state index in [1.54, 1.807) is 6.11 Å². The van der Waals surface area contributed by atoms with Crippen LogP contribution >= 0.6 is 23.2 Å². The van der Waals surface area contributed by atoms with Gasteiger partial charge in [0, 0.05) is 22.3 Å². The fourth-order valence-corrected chi connectivity index (χ4v) is 3.30. The average Bonchev–Trinajstić information content (AvgIpc) is 2.81. The van der Waals surface area contributed by atoms with E-state index in [-0.39, 0.29) is 38.4 Å². The summed E-state index contributed by atoms with van der Waals surface area (Å²) in [5.41, 5.74) is 5.98. The van der Waals surface area contributed by atoms with Crippen LogP contribution in [0.25, 0.3) is 0 Å². The molecule has 34 heavy (non-hydrogen) atoms. The molecular weight excluding hydrogens is 489 g/mol. The van der Waals surface area contributed by atoms with Gasteiger partial charge in [0.1, 0.15) is 11.8 Å². The molecule has 0 fully saturated rings. The summed E-state index contributed by atoms with van der Waals surface area (Å²) in [4.78, 5) is 23.5. The predicted molar refractivity (Wildman–Crippen MR) is 123 cm³/mol. The van der Waals surface area contributed by atoms with E-state index in [4.69, 9.17) is 43.9 Å². The lowest BCUT2D eigenvalue weighted by Crippen LogP contribution is -2.19. The van der Waals surface area contributed by atoms with Crippen molar-refractivity contribution in [2.45, 2.75) is 6.00 Å². The highest BCUT2D eigenvalue weighted by molar-refractivity contribution is 6.49. The Hall–Kier alpha value is -4.01. The van der Waals surface area contributed by atoms with Gasteiger partial charge >= 0.3 is 5.97 Å². The molecule has 0 saturated heterocycles. The zero-order valence-corrected chi connectivity index (χ0v) is 18.4. The number of aromatic nitrogens is 2. The molecule has 5 N–H and O–H groups in total. The van der Waals surface area contributed by atoms with Gasteiger partial charge in [0.05, 0.1) is 16.7 Å². The maximum absolute atomic E-state index is 14.0. The summed E-state index contributed by atoms with van der Waals surface area (Å²) >= 11 is 12.2. The van der Waals surface area contributed by atoms with Crippen molar-refractivity contribution in [1.82, 2.24) is 10.2 Å². The Balaban J connectivity index is 1.89. The smallest absolute Gasteiger partial charge is 0.335 e. The monoisotopic (exact) mass is 501 g/mol. The molecule has 171 valence electrons. The second-order valence-electron chi connectivity index (χ2n) is 6.53. The molecule has 0 aliphatic rings. The number of aliphatic hydroxyl groups excluding tert-OH is 1. The number of anilines is 2.